The Bertz CT molecular complexity index is 560. The summed E-state index contributed by atoms with van der Waals surface area (Å²) < 4.78 is 7.36. The molecule has 0 radical (unpaired) electrons. The molecule has 1 amide bonds. The molecule has 3 N–H and O–H groups in total. The van der Waals surface area contributed by atoms with Crippen LogP contribution < -0.4 is 11.3 Å². The lowest BCUT2D eigenvalue weighted by atomic mass is 10.4. The first kappa shape index (κ1) is 13.3. The fourth-order valence-corrected chi connectivity index (χ4v) is 1.77. The van der Waals surface area contributed by atoms with Crippen LogP contribution in [0.2, 0.25) is 0 Å². The maximum atomic E-state index is 11.3. The fourth-order valence-electron chi connectivity index (χ4n) is 1.77. The lowest BCUT2D eigenvalue weighted by molar-refractivity contribution is 0.0922. The Balaban J connectivity index is 1.95. The molecule has 7 heteroatoms. The van der Waals surface area contributed by atoms with E-state index in [0.717, 1.165) is 5.82 Å². The minimum Gasteiger partial charge on any atom is -0.455 e. The molecule has 0 unspecified atom stereocenters. The molecule has 0 aliphatic heterocycles. The minimum atomic E-state index is -0.432. The van der Waals surface area contributed by atoms with E-state index in [0.29, 0.717) is 18.8 Å². The third-order valence-corrected chi connectivity index (χ3v) is 2.77. The topological polar surface area (TPSA) is 89.3 Å². The number of nitrogen functional groups attached to an aromatic ring is 1. The SMILES string of the molecule is CN(Cc1ccc(C(=O)NN)o1)Cc1nccn1C. The number of carbonyl (C=O) groups excluding carboxylic acids is 1. The average Bonchev–Trinajstić information content (AvgIpc) is 2.99. The Morgan fingerprint density at radius 3 is 2.95 bits per heavy atom. The molecular formula is C12H17N5O2. The number of hydrogen-bond donors (Lipinski definition) is 2. The van der Waals surface area contributed by atoms with E-state index in [2.05, 4.69) is 4.98 Å². The summed E-state index contributed by atoms with van der Waals surface area (Å²) in [6.45, 7) is 1.29. The van der Waals surface area contributed by atoms with E-state index in [-0.39, 0.29) is 5.76 Å². The number of hydrogen-bond acceptors (Lipinski definition) is 5. The number of nitrogens with zero attached hydrogens (tertiary/aromatic N) is 3. The summed E-state index contributed by atoms with van der Waals surface area (Å²) in [4.78, 5) is 17.6. The Labute approximate surface area is 111 Å². The standard InChI is InChI=1S/C12H17N5O2/c1-16(8-11-14-5-6-17(11)2)7-9-3-4-10(19-9)12(18)15-13/h3-6H,7-8,13H2,1-2H3,(H,15,18). The monoisotopic (exact) mass is 263 g/mol. The summed E-state index contributed by atoms with van der Waals surface area (Å²) in [6, 6.07) is 3.37. The number of aryl methyl sites for hydroxylation is 1. The van der Waals surface area contributed by atoms with Gasteiger partial charge in [-0.05, 0) is 19.2 Å². The maximum absolute atomic E-state index is 11.3. The van der Waals surface area contributed by atoms with Crippen LogP contribution in [0.1, 0.15) is 22.1 Å². The van der Waals surface area contributed by atoms with Crippen molar-refractivity contribution in [1.82, 2.24) is 19.9 Å². The molecule has 0 aliphatic carbocycles. The second-order valence-corrected chi connectivity index (χ2v) is 4.37. The highest BCUT2D eigenvalue weighted by Crippen LogP contribution is 2.11. The number of hydrazine groups is 1. The lowest BCUT2D eigenvalue weighted by Crippen LogP contribution is -2.29. The molecule has 2 heterocycles. The summed E-state index contributed by atoms with van der Waals surface area (Å²) >= 11 is 0. The van der Waals surface area contributed by atoms with Crippen molar-refractivity contribution in [1.29, 1.82) is 0 Å². The molecule has 0 saturated heterocycles. The van der Waals surface area contributed by atoms with Gasteiger partial charge in [0.05, 0.1) is 13.1 Å². The van der Waals surface area contributed by atoms with Crippen molar-refractivity contribution in [3.63, 3.8) is 0 Å². The zero-order valence-corrected chi connectivity index (χ0v) is 11.0. The predicted octanol–water partition coefficient (Wildman–Crippen LogP) is 0.249. The molecule has 0 spiro atoms. The number of carbonyl (C=O) groups is 1. The van der Waals surface area contributed by atoms with E-state index in [9.17, 15) is 4.79 Å². The van der Waals surface area contributed by atoms with Crippen molar-refractivity contribution in [2.45, 2.75) is 13.1 Å². The van der Waals surface area contributed by atoms with Crippen LogP contribution in [0.25, 0.3) is 0 Å². The van der Waals surface area contributed by atoms with Gasteiger partial charge in [-0.1, -0.05) is 0 Å². The molecule has 7 nitrogen and oxygen atoms in total. The first-order valence-electron chi connectivity index (χ1n) is 5.84. The predicted molar refractivity (Wildman–Crippen MR) is 68.7 cm³/mol. The number of rotatable bonds is 5. The van der Waals surface area contributed by atoms with Crippen LogP contribution in [0.15, 0.2) is 28.9 Å². The first-order chi connectivity index (χ1) is 9.10. The molecule has 2 aromatic rings. The Hall–Kier alpha value is -2.12. The number of aromatic nitrogens is 2. The normalized spacial score (nSPS) is 10.9. The number of nitrogens with one attached hydrogen (secondary N) is 1. The molecule has 0 bridgehead atoms. The summed E-state index contributed by atoms with van der Waals surface area (Å²) in [6.07, 6.45) is 3.67. The van der Waals surface area contributed by atoms with Crippen LogP contribution >= 0.6 is 0 Å². The van der Waals surface area contributed by atoms with Gasteiger partial charge in [0.25, 0.3) is 0 Å². The molecule has 102 valence electrons. The van der Waals surface area contributed by atoms with Crippen molar-refractivity contribution in [2.24, 2.45) is 12.9 Å². The van der Waals surface area contributed by atoms with Crippen molar-refractivity contribution in [3.8, 4) is 0 Å². The maximum Gasteiger partial charge on any atom is 0.300 e. The van der Waals surface area contributed by atoms with Gasteiger partial charge < -0.3 is 8.98 Å². The van der Waals surface area contributed by atoms with Crippen LogP contribution in [-0.4, -0.2) is 27.4 Å². The van der Waals surface area contributed by atoms with Gasteiger partial charge in [-0.25, -0.2) is 10.8 Å². The second-order valence-electron chi connectivity index (χ2n) is 4.37. The van der Waals surface area contributed by atoms with Crippen molar-refractivity contribution in [2.75, 3.05) is 7.05 Å². The van der Waals surface area contributed by atoms with Crippen molar-refractivity contribution >= 4 is 5.91 Å². The van der Waals surface area contributed by atoms with Gasteiger partial charge in [0.15, 0.2) is 5.76 Å². The molecule has 0 saturated carbocycles. The van der Waals surface area contributed by atoms with Gasteiger partial charge in [-0.15, -0.1) is 0 Å². The first-order valence-corrected chi connectivity index (χ1v) is 5.84. The van der Waals surface area contributed by atoms with Crippen LogP contribution in [0, 0.1) is 0 Å². The van der Waals surface area contributed by atoms with Gasteiger partial charge >= 0.3 is 5.91 Å². The molecule has 19 heavy (non-hydrogen) atoms. The Morgan fingerprint density at radius 2 is 2.32 bits per heavy atom. The van der Waals surface area contributed by atoms with E-state index in [1.165, 1.54) is 0 Å². The summed E-state index contributed by atoms with van der Waals surface area (Å²) in [5, 5.41) is 0. The minimum absolute atomic E-state index is 0.211. The van der Waals surface area contributed by atoms with Crippen LogP contribution in [-0.2, 0) is 20.1 Å². The van der Waals surface area contributed by atoms with Gasteiger partial charge in [0, 0.05) is 19.4 Å². The smallest absolute Gasteiger partial charge is 0.300 e. The lowest BCUT2D eigenvalue weighted by Gasteiger charge is -2.14. The molecule has 0 aromatic carbocycles. The van der Waals surface area contributed by atoms with Crippen LogP contribution in [0.3, 0.4) is 0 Å². The average molecular weight is 263 g/mol. The van der Waals surface area contributed by atoms with Crippen LogP contribution in [0.4, 0.5) is 0 Å². The van der Waals surface area contributed by atoms with Gasteiger partial charge in [-0.2, -0.15) is 0 Å². The van der Waals surface area contributed by atoms with E-state index < -0.39 is 5.91 Å². The molecule has 0 aliphatic rings. The van der Waals surface area contributed by atoms with Gasteiger partial charge in [0.2, 0.25) is 0 Å². The third kappa shape index (κ3) is 3.21. The van der Waals surface area contributed by atoms with Gasteiger partial charge in [-0.3, -0.25) is 15.1 Å². The quantitative estimate of drug-likeness (QED) is 0.458. The fraction of sp³-hybridized carbons (Fsp3) is 0.333. The zero-order chi connectivity index (χ0) is 13.8. The third-order valence-electron chi connectivity index (χ3n) is 2.77. The van der Waals surface area contributed by atoms with E-state index in [1.807, 2.05) is 35.2 Å². The number of furan rings is 1. The highest BCUT2D eigenvalue weighted by atomic mass is 16.4. The molecule has 2 aromatic heterocycles. The number of amides is 1. The summed E-state index contributed by atoms with van der Waals surface area (Å²) in [7, 11) is 3.91. The summed E-state index contributed by atoms with van der Waals surface area (Å²) in [5.74, 6) is 6.49. The van der Waals surface area contributed by atoms with Crippen molar-refractivity contribution in [3.05, 3.63) is 41.9 Å². The molecule has 0 atom stereocenters. The summed E-state index contributed by atoms with van der Waals surface area (Å²) in [5.41, 5.74) is 2.03. The van der Waals surface area contributed by atoms with E-state index in [1.54, 1.807) is 18.3 Å². The van der Waals surface area contributed by atoms with E-state index in [4.69, 9.17) is 10.3 Å². The highest BCUT2D eigenvalue weighted by Gasteiger charge is 2.11. The Kier molecular flexibility index (Phi) is 3.98. The van der Waals surface area contributed by atoms with E-state index >= 15 is 0 Å². The molecule has 2 rings (SSSR count). The second kappa shape index (κ2) is 5.68. The molecular weight excluding hydrogens is 246 g/mol. The molecule has 0 fully saturated rings. The van der Waals surface area contributed by atoms with Gasteiger partial charge in [0.1, 0.15) is 11.6 Å². The zero-order valence-electron chi connectivity index (χ0n) is 11.0. The van der Waals surface area contributed by atoms with Crippen LogP contribution in [0.5, 0.6) is 0 Å². The Morgan fingerprint density at radius 1 is 1.53 bits per heavy atom. The largest absolute Gasteiger partial charge is 0.455 e. The van der Waals surface area contributed by atoms with Crippen molar-refractivity contribution < 1.29 is 9.21 Å². The number of nitrogens with two attached hydrogens (primary N) is 1. The number of imidazole rings is 1. The highest BCUT2D eigenvalue weighted by molar-refractivity contribution is 5.90.